The SMILES string of the molecule is COc1ccc2oc(=O)c(-c3csc(NN=Cc4ccc(N(C)C)cc4)n3)cc2c1. The van der Waals surface area contributed by atoms with Gasteiger partial charge >= 0.3 is 5.63 Å². The van der Waals surface area contributed by atoms with Gasteiger partial charge in [-0.2, -0.15) is 5.10 Å². The third-order valence-corrected chi connectivity index (χ3v) is 5.25. The van der Waals surface area contributed by atoms with Gasteiger partial charge in [-0.25, -0.2) is 9.78 Å². The lowest BCUT2D eigenvalue weighted by Gasteiger charge is -2.11. The van der Waals surface area contributed by atoms with Gasteiger partial charge in [0.05, 0.1) is 24.6 Å². The molecule has 7 nitrogen and oxygen atoms in total. The maximum Gasteiger partial charge on any atom is 0.345 e. The largest absolute Gasteiger partial charge is 0.497 e. The van der Waals surface area contributed by atoms with Crippen LogP contribution in [0.5, 0.6) is 5.75 Å². The van der Waals surface area contributed by atoms with Crippen LogP contribution in [0.2, 0.25) is 0 Å². The third kappa shape index (κ3) is 4.18. The fourth-order valence-electron chi connectivity index (χ4n) is 2.88. The fourth-order valence-corrected chi connectivity index (χ4v) is 3.54. The summed E-state index contributed by atoms with van der Waals surface area (Å²) in [5.74, 6) is 0.691. The first-order chi connectivity index (χ1) is 14.5. The van der Waals surface area contributed by atoms with Gasteiger partial charge in [0.15, 0.2) is 0 Å². The van der Waals surface area contributed by atoms with Gasteiger partial charge in [-0.3, -0.25) is 5.43 Å². The number of methoxy groups -OCH3 is 1. The zero-order chi connectivity index (χ0) is 21.1. The number of nitrogens with one attached hydrogen (secondary N) is 1. The Hall–Kier alpha value is -3.65. The first-order valence-electron chi connectivity index (χ1n) is 9.18. The predicted molar refractivity (Wildman–Crippen MR) is 122 cm³/mol. The number of rotatable bonds is 6. The molecule has 0 spiro atoms. The first kappa shape index (κ1) is 19.7. The molecular formula is C22H20N4O3S. The molecule has 0 aliphatic heterocycles. The van der Waals surface area contributed by atoms with E-state index in [0.717, 1.165) is 16.6 Å². The molecule has 0 saturated heterocycles. The van der Waals surface area contributed by atoms with Crippen molar-refractivity contribution in [2.45, 2.75) is 0 Å². The second-order valence-corrected chi connectivity index (χ2v) is 7.60. The molecule has 1 N–H and O–H groups in total. The van der Waals surface area contributed by atoms with E-state index >= 15 is 0 Å². The van der Waals surface area contributed by atoms with Gasteiger partial charge in [0.25, 0.3) is 0 Å². The Bertz CT molecular complexity index is 1260. The molecule has 8 heteroatoms. The van der Waals surface area contributed by atoms with Crippen LogP contribution in [0.25, 0.3) is 22.2 Å². The van der Waals surface area contributed by atoms with Crippen molar-refractivity contribution < 1.29 is 9.15 Å². The van der Waals surface area contributed by atoms with Crippen molar-refractivity contribution in [1.82, 2.24) is 4.98 Å². The minimum atomic E-state index is -0.436. The minimum Gasteiger partial charge on any atom is -0.497 e. The van der Waals surface area contributed by atoms with Gasteiger partial charge in [0, 0.05) is 30.5 Å². The Morgan fingerprint density at radius 2 is 1.97 bits per heavy atom. The third-order valence-electron chi connectivity index (χ3n) is 4.50. The molecule has 152 valence electrons. The van der Waals surface area contributed by atoms with Crippen LogP contribution in [-0.2, 0) is 0 Å². The van der Waals surface area contributed by atoms with Crippen LogP contribution in [-0.4, -0.2) is 32.4 Å². The number of ether oxygens (including phenoxy) is 1. The average Bonchev–Trinajstić information content (AvgIpc) is 3.22. The highest BCUT2D eigenvalue weighted by Gasteiger charge is 2.12. The van der Waals surface area contributed by atoms with Crippen molar-refractivity contribution in [2.24, 2.45) is 5.10 Å². The van der Waals surface area contributed by atoms with E-state index < -0.39 is 5.63 Å². The summed E-state index contributed by atoms with van der Waals surface area (Å²) in [7, 11) is 5.59. The molecule has 0 bridgehead atoms. The molecule has 0 aliphatic rings. The second-order valence-electron chi connectivity index (χ2n) is 6.75. The lowest BCUT2D eigenvalue weighted by Crippen LogP contribution is -2.08. The van der Waals surface area contributed by atoms with E-state index in [1.54, 1.807) is 36.9 Å². The Labute approximate surface area is 177 Å². The van der Waals surface area contributed by atoms with Crippen LogP contribution < -0.4 is 20.7 Å². The summed E-state index contributed by atoms with van der Waals surface area (Å²) in [6.45, 7) is 0. The van der Waals surface area contributed by atoms with Gasteiger partial charge in [-0.05, 0) is 42.0 Å². The fraction of sp³-hybridized carbons (Fsp3) is 0.136. The standard InChI is InChI=1S/C22H20N4O3S/c1-26(2)16-6-4-14(5-7-16)12-23-25-22-24-19(13-30-22)18-11-15-10-17(28-3)8-9-20(15)29-21(18)27/h4-13H,1-3H3,(H,24,25). The molecule has 0 unspecified atom stereocenters. The number of nitrogens with zero attached hydrogens (tertiary/aromatic N) is 3. The summed E-state index contributed by atoms with van der Waals surface area (Å²) in [4.78, 5) is 18.9. The molecule has 2 heterocycles. The van der Waals surface area contributed by atoms with Gasteiger partial charge in [-0.15, -0.1) is 11.3 Å². The Balaban J connectivity index is 1.52. The smallest absolute Gasteiger partial charge is 0.345 e. The Morgan fingerprint density at radius 3 is 2.70 bits per heavy atom. The summed E-state index contributed by atoms with van der Waals surface area (Å²) in [5.41, 5.74) is 5.99. The molecule has 2 aromatic carbocycles. The van der Waals surface area contributed by atoms with Crippen molar-refractivity contribution in [3.63, 3.8) is 0 Å². The highest BCUT2D eigenvalue weighted by atomic mass is 32.1. The van der Waals surface area contributed by atoms with E-state index in [2.05, 4.69) is 15.5 Å². The van der Waals surface area contributed by atoms with Gasteiger partial charge in [-0.1, -0.05) is 12.1 Å². The van der Waals surface area contributed by atoms with E-state index in [0.29, 0.717) is 27.7 Å². The molecule has 0 saturated carbocycles. The second kappa shape index (κ2) is 8.38. The lowest BCUT2D eigenvalue weighted by molar-refractivity contribution is 0.415. The Morgan fingerprint density at radius 1 is 1.17 bits per heavy atom. The van der Waals surface area contributed by atoms with Crippen LogP contribution >= 0.6 is 11.3 Å². The van der Waals surface area contributed by atoms with Crippen molar-refractivity contribution in [3.05, 3.63) is 69.9 Å². The zero-order valence-electron chi connectivity index (χ0n) is 16.7. The Kier molecular flexibility index (Phi) is 5.49. The highest BCUT2D eigenvalue weighted by Crippen LogP contribution is 2.27. The first-order valence-corrected chi connectivity index (χ1v) is 10.1. The summed E-state index contributed by atoms with van der Waals surface area (Å²) in [6.07, 6.45) is 1.72. The highest BCUT2D eigenvalue weighted by molar-refractivity contribution is 7.14. The molecule has 0 radical (unpaired) electrons. The van der Waals surface area contributed by atoms with E-state index in [1.807, 2.05) is 49.3 Å². The number of hydrazone groups is 1. The maximum atomic E-state index is 12.4. The minimum absolute atomic E-state index is 0.392. The topological polar surface area (TPSA) is 80.0 Å². The normalized spacial score (nSPS) is 11.2. The molecule has 2 aromatic heterocycles. The van der Waals surface area contributed by atoms with E-state index in [9.17, 15) is 4.79 Å². The van der Waals surface area contributed by atoms with E-state index in [4.69, 9.17) is 9.15 Å². The number of thiazole rings is 1. The van der Waals surface area contributed by atoms with Crippen molar-refractivity contribution >= 4 is 39.3 Å². The molecule has 4 rings (SSSR count). The molecule has 0 fully saturated rings. The summed E-state index contributed by atoms with van der Waals surface area (Å²) in [5, 5.41) is 7.37. The lowest BCUT2D eigenvalue weighted by atomic mass is 10.1. The quantitative estimate of drug-likeness (QED) is 0.282. The summed E-state index contributed by atoms with van der Waals surface area (Å²) in [6, 6.07) is 15.1. The molecular weight excluding hydrogens is 400 g/mol. The number of anilines is 2. The molecule has 0 aliphatic carbocycles. The van der Waals surface area contributed by atoms with Crippen molar-refractivity contribution in [3.8, 4) is 17.0 Å². The van der Waals surface area contributed by atoms with Crippen LogP contribution in [0.1, 0.15) is 5.56 Å². The molecule has 0 amide bonds. The van der Waals surface area contributed by atoms with Gasteiger partial charge in [0.1, 0.15) is 11.3 Å². The van der Waals surface area contributed by atoms with Crippen LogP contribution in [0, 0.1) is 0 Å². The van der Waals surface area contributed by atoms with Crippen LogP contribution in [0.4, 0.5) is 10.8 Å². The summed E-state index contributed by atoms with van der Waals surface area (Å²) >= 11 is 1.36. The zero-order valence-corrected chi connectivity index (χ0v) is 17.6. The molecule has 4 aromatic rings. The van der Waals surface area contributed by atoms with Crippen LogP contribution in [0.3, 0.4) is 0 Å². The molecule has 30 heavy (non-hydrogen) atoms. The number of aromatic nitrogens is 1. The van der Waals surface area contributed by atoms with Crippen LogP contribution in [0.15, 0.2) is 68.2 Å². The average molecular weight is 420 g/mol. The number of fused-ring (bicyclic) bond motifs is 1. The van der Waals surface area contributed by atoms with E-state index in [1.165, 1.54) is 11.3 Å². The van der Waals surface area contributed by atoms with Gasteiger partial charge in [0.2, 0.25) is 5.13 Å². The maximum absolute atomic E-state index is 12.4. The predicted octanol–water partition coefficient (Wildman–Crippen LogP) is 4.44. The summed E-state index contributed by atoms with van der Waals surface area (Å²) < 4.78 is 10.7. The van der Waals surface area contributed by atoms with E-state index in [-0.39, 0.29) is 0 Å². The number of hydrogen-bond acceptors (Lipinski definition) is 8. The monoisotopic (exact) mass is 420 g/mol. The number of hydrogen-bond donors (Lipinski definition) is 1. The van der Waals surface area contributed by atoms with Gasteiger partial charge < -0.3 is 14.1 Å². The molecule has 0 atom stereocenters. The number of benzene rings is 2. The van der Waals surface area contributed by atoms with Crippen molar-refractivity contribution in [2.75, 3.05) is 31.5 Å². The van der Waals surface area contributed by atoms with Crippen molar-refractivity contribution in [1.29, 1.82) is 0 Å².